The molecule has 2 aliphatic heterocycles. The molecule has 132 valence electrons. The van der Waals surface area contributed by atoms with Gasteiger partial charge in [-0.3, -0.25) is 9.80 Å². The molecule has 0 saturated carbocycles. The summed E-state index contributed by atoms with van der Waals surface area (Å²) in [5.74, 6) is -0.513. The molecule has 0 saturated heterocycles. The van der Waals surface area contributed by atoms with Crippen LogP contribution in [0.2, 0.25) is 0 Å². The normalized spacial score (nSPS) is 17.7. The molecule has 2 aromatic carbocycles. The van der Waals surface area contributed by atoms with Crippen molar-refractivity contribution in [3.8, 4) is 0 Å². The smallest absolute Gasteiger partial charge is 0.358 e. The first kappa shape index (κ1) is 16.2. The minimum absolute atomic E-state index is 0.0694. The Labute approximate surface area is 151 Å². The fraction of sp³-hybridized carbons (Fsp3) is 0.200. The van der Waals surface area contributed by atoms with Crippen molar-refractivity contribution in [2.45, 2.75) is 13.0 Å². The van der Waals surface area contributed by atoms with Crippen LogP contribution in [0.3, 0.4) is 0 Å². The number of Topliss-reactive ketones (excluding diaryl/α,β-unsaturated/α-hetero) is 1. The van der Waals surface area contributed by atoms with E-state index >= 15 is 0 Å². The van der Waals surface area contributed by atoms with E-state index in [0.717, 1.165) is 11.4 Å². The number of ether oxygens (including phenoxy) is 1. The van der Waals surface area contributed by atoms with Crippen molar-refractivity contribution in [2.24, 2.45) is 0 Å². The van der Waals surface area contributed by atoms with Gasteiger partial charge in [0, 0.05) is 12.6 Å². The standard InChI is InChI=1S/C20H19N3O3/c1-3-26-20(25)18-13-17(19(24)14-9-5-4-6-10-14)22-16-12-8-7-11-15(16)21(2)23(18)22/h4-13,17H,3H2,1-2H3. The van der Waals surface area contributed by atoms with E-state index < -0.39 is 12.0 Å². The van der Waals surface area contributed by atoms with Crippen LogP contribution in [0.5, 0.6) is 0 Å². The van der Waals surface area contributed by atoms with Gasteiger partial charge in [-0.05, 0) is 25.1 Å². The van der Waals surface area contributed by atoms with Crippen LogP contribution >= 0.6 is 0 Å². The van der Waals surface area contributed by atoms with Crippen molar-refractivity contribution in [3.05, 3.63) is 71.9 Å². The van der Waals surface area contributed by atoms with Crippen LogP contribution in [0.1, 0.15) is 17.3 Å². The number of ketones is 1. The van der Waals surface area contributed by atoms with Gasteiger partial charge in [0.05, 0.1) is 18.0 Å². The lowest BCUT2D eigenvalue weighted by Gasteiger charge is -2.33. The van der Waals surface area contributed by atoms with E-state index in [9.17, 15) is 9.59 Å². The quantitative estimate of drug-likeness (QED) is 0.625. The van der Waals surface area contributed by atoms with Crippen LogP contribution < -0.4 is 10.0 Å². The summed E-state index contributed by atoms with van der Waals surface area (Å²) in [5, 5.41) is 5.42. The number of hydrogen-bond acceptors (Lipinski definition) is 6. The lowest BCUT2D eigenvalue weighted by Crippen LogP contribution is -2.49. The number of anilines is 2. The maximum atomic E-state index is 13.1. The van der Waals surface area contributed by atoms with Crippen LogP contribution in [0, 0.1) is 0 Å². The van der Waals surface area contributed by atoms with Crippen molar-refractivity contribution >= 4 is 23.1 Å². The molecular weight excluding hydrogens is 330 g/mol. The molecule has 6 nitrogen and oxygen atoms in total. The maximum absolute atomic E-state index is 13.1. The van der Waals surface area contributed by atoms with Gasteiger partial charge in [-0.1, -0.05) is 42.5 Å². The number of fused-ring (bicyclic) bond motifs is 3. The fourth-order valence-electron chi connectivity index (χ4n) is 3.43. The van der Waals surface area contributed by atoms with Crippen molar-refractivity contribution < 1.29 is 14.3 Å². The van der Waals surface area contributed by atoms with Crippen molar-refractivity contribution in [3.63, 3.8) is 0 Å². The van der Waals surface area contributed by atoms with E-state index in [4.69, 9.17) is 4.74 Å². The zero-order valence-electron chi connectivity index (χ0n) is 14.6. The highest BCUT2D eigenvalue weighted by Crippen LogP contribution is 2.44. The van der Waals surface area contributed by atoms with Crippen molar-refractivity contribution in [2.75, 3.05) is 23.7 Å². The van der Waals surface area contributed by atoms with E-state index in [1.807, 2.05) is 59.5 Å². The Morgan fingerprint density at radius 3 is 2.35 bits per heavy atom. The summed E-state index contributed by atoms with van der Waals surface area (Å²) < 4.78 is 5.20. The SMILES string of the molecule is CCOC(=O)C1=CC(C(=O)c2ccccc2)N2c3ccccc3N(C)N12. The van der Waals surface area contributed by atoms with E-state index in [2.05, 4.69) is 0 Å². The van der Waals surface area contributed by atoms with Gasteiger partial charge in [0.2, 0.25) is 0 Å². The van der Waals surface area contributed by atoms with E-state index in [1.54, 1.807) is 30.3 Å². The molecule has 0 amide bonds. The molecule has 0 spiro atoms. The number of carbonyl (C=O) groups is 2. The summed E-state index contributed by atoms with van der Waals surface area (Å²) in [6, 6.07) is 16.3. The Hall–Kier alpha value is -3.28. The number of carbonyl (C=O) groups excluding carboxylic acids is 2. The van der Waals surface area contributed by atoms with Gasteiger partial charge in [-0.25, -0.2) is 9.80 Å². The van der Waals surface area contributed by atoms with Gasteiger partial charge in [-0.2, -0.15) is 5.12 Å². The van der Waals surface area contributed by atoms with Crippen LogP contribution in [-0.2, 0) is 9.53 Å². The van der Waals surface area contributed by atoms with Crippen molar-refractivity contribution in [1.82, 2.24) is 5.12 Å². The van der Waals surface area contributed by atoms with Crippen LogP contribution in [0.25, 0.3) is 0 Å². The number of esters is 1. The zero-order valence-corrected chi connectivity index (χ0v) is 14.6. The van der Waals surface area contributed by atoms with Gasteiger partial charge in [-0.15, -0.1) is 0 Å². The molecule has 2 heterocycles. The number of hydrogen-bond donors (Lipinski definition) is 0. The molecule has 6 heteroatoms. The Kier molecular flexibility index (Phi) is 3.88. The third kappa shape index (κ3) is 2.34. The second-order valence-corrected chi connectivity index (χ2v) is 6.09. The molecule has 2 aromatic rings. The summed E-state index contributed by atoms with van der Waals surface area (Å²) in [4.78, 5) is 25.6. The predicted molar refractivity (Wildman–Crippen MR) is 98.4 cm³/mol. The summed E-state index contributed by atoms with van der Waals surface area (Å²) >= 11 is 0. The van der Waals surface area contributed by atoms with Gasteiger partial charge in [0.1, 0.15) is 6.04 Å². The highest BCUT2D eigenvalue weighted by Gasteiger charge is 2.47. The topological polar surface area (TPSA) is 53.1 Å². The molecule has 26 heavy (non-hydrogen) atoms. The van der Waals surface area contributed by atoms with Gasteiger partial charge in [0.25, 0.3) is 0 Å². The molecule has 0 N–H and O–H groups in total. The highest BCUT2D eigenvalue weighted by molar-refractivity contribution is 6.06. The second-order valence-electron chi connectivity index (χ2n) is 6.09. The van der Waals surface area contributed by atoms with E-state index in [1.165, 1.54) is 0 Å². The molecule has 0 radical (unpaired) electrons. The number of rotatable bonds is 4. The molecule has 0 aliphatic carbocycles. The second kappa shape index (κ2) is 6.22. The monoisotopic (exact) mass is 349 g/mol. The lowest BCUT2D eigenvalue weighted by molar-refractivity contribution is -0.140. The van der Waals surface area contributed by atoms with Crippen molar-refractivity contribution in [1.29, 1.82) is 0 Å². The van der Waals surface area contributed by atoms with Crippen LogP contribution in [-0.4, -0.2) is 36.6 Å². The van der Waals surface area contributed by atoms with Gasteiger partial charge < -0.3 is 4.74 Å². The fourth-order valence-corrected chi connectivity index (χ4v) is 3.43. The Bertz CT molecular complexity index is 894. The third-order valence-electron chi connectivity index (χ3n) is 4.57. The molecule has 2 aliphatic rings. The third-order valence-corrected chi connectivity index (χ3v) is 4.57. The first-order valence-electron chi connectivity index (χ1n) is 8.53. The molecule has 4 rings (SSSR count). The van der Waals surface area contributed by atoms with E-state index in [0.29, 0.717) is 11.3 Å². The Balaban J connectivity index is 1.80. The number of hydrazine groups is 2. The number of nitrogens with zero attached hydrogens (tertiary/aromatic N) is 3. The first-order valence-corrected chi connectivity index (χ1v) is 8.53. The average Bonchev–Trinajstić information content (AvgIpc) is 3.20. The largest absolute Gasteiger partial charge is 0.461 e. The maximum Gasteiger partial charge on any atom is 0.358 e. The van der Waals surface area contributed by atoms with Crippen LogP contribution in [0.4, 0.5) is 11.4 Å². The molecule has 1 unspecified atom stereocenters. The number of para-hydroxylation sites is 2. The molecule has 0 fully saturated rings. The highest BCUT2D eigenvalue weighted by atomic mass is 16.5. The van der Waals surface area contributed by atoms with E-state index in [-0.39, 0.29) is 12.4 Å². The zero-order chi connectivity index (χ0) is 18.3. The Morgan fingerprint density at radius 1 is 1.00 bits per heavy atom. The average molecular weight is 349 g/mol. The minimum Gasteiger partial charge on any atom is -0.461 e. The predicted octanol–water partition coefficient (Wildman–Crippen LogP) is 2.79. The summed E-state index contributed by atoms with van der Waals surface area (Å²) in [6.45, 7) is 2.04. The van der Waals surface area contributed by atoms with Crippen LogP contribution in [0.15, 0.2) is 66.4 Å². The lowest BCUT2D eigenvalue weighted by atomic mass is 10.0. The van der Waals surface area contributed by atoms with Gasteiger partial charge >= 0.3 is 5.97 Å². The first-order chi connectivity index (χ1) is 12.6. The molecule has 0 bridgehead atoms. The van der Waals surface area contributed by atoms with Gasteiger partial charge in [0.15, 0.2) is 11.5 Å². The molecule has 0 aromatic heterocycles. The number of benzene rings is 2. The Morgan fingerprint density at radius 2 is 1.65 bits per heavy atom. The summed E-state index contributed by atoms with van der Waals surface area (Å²) in [7, 11) is 1.86. The minimum atomic E-state index is -0.608. The summed E-state index contributed by atoms with van der Waals surface area (Å²) in [5.41, 5.74) is 2.75. The summed E-state index contributed by atoms with van der Waals surface area (Å²) in [6.07, 6.45) is 1.68. The molecular formula is C20H19N3O3. The molecule has 1 atom stereocenters.